The molecule has 1 amide bonds. The molecule has 0 fully saturated rings. The van der Waals surface area contributed by atoms with Crippen LogP contribution in [0.3, 0.4) is 0 Å². The molecule has 5 aromatic carbocycles. The van der Waals surface area contributed by atoms with Gasteiger partial charge in [0.15, 0.2) is 0 Å². The maximum absolute atomic E-state index is 14.6. The highest BCUT2D eigenvalue weighted by Crippen LogP contribution is 2.50. The van der Waals surface area contributed by atoms with E-state index >= 15 is 0 Å². The van der Waals surface area contributed by atoms with Crippen LogP contribution in [-0.2, 0) is 5.60 Å². The van der Waals surface area contributed by atoms with E-state index in [1.165, 1.54) is 6.07 Å². The zero-order valence-electron chi connectivity index (χ0n) is 17.9. The van der Waals surface area contributed by atoms with Crippen molar-refractivity contribution in [2.45, 2.75) is 18.0 Å². The third kappa shape index (κ3) is 3.43. The van der Waals surface area contributed by atoms with Crippen molar-refractivity contribution in [3.63, 3.8) is 0 Å². The molecule has 0 heterocycles. The normalized spacial score (nSPS) is 13.1. The quantitative estimate of drug-likeness (QED) is 0.200. The third-order valence-electron chi connectivity index (χ3n) is 6.23. The number of carbonyl (C=O) groups excluding carboxylic acids is 1. The van der Waals surface area contributed by atoms with Gasteiger partial charge in [0.2, 0.25) is 0 Å². The first-order valence-corrected chi connectivity index (χ1v) is 10.5. The van der Waals surface area contributed by atoms with Crippen LogP contribution in [0.15, 0.2) is 72.8 Å². The SMILES string of the molecule is O=C(Nc1ccc(C(O)(C(F)(F)F)C(F)(F)F)cc1F)c1ccc2ccc3cccc4ccc1c2c34. The molecule has 0 unspecified atom stereocenters. The number of benzene rings is 5. The number of nitrogens with one attached hydrogen (secondary N) is 1. The fraction of sp³-hybridized carbons (Fsp3) is 0.115. The van der Waals surface area contributed by atoms with Gasteiger partial charge in [-0.05, 0) is 50.5 Å². The number of carbonyl (C=O) groups is 1. The molecule has 0 aliphatic rings. The standard InChI is InChI=1S/C26H14F7NO2/c27-19-12-16(24(36,25(28,29)30)26(31,32)33)8-11-20(19)34-23(35)18-10-7-15-5-4-13-2-1-3-14-6-9-17(18)22(15)21(13)14/h1-12,36H,(H,34,35). The predicted octanol–water partition coefficient (Wildman–Crippen LogP) is 7.29. The smallest absolute Gasteiger partial charge is 0.369 e. The molecule has 0 atom stereocenters. The van der Waals surface area contributed by atoms with Crippen LogP contribution < -0.4 is 5.32 Å². The Morgan fingerprint density at radius 2 is 1.28 bits per heavy atom. The van der Waals surface area contributed by atoms with Crippen LogP contribution in [-0.4, -0.2) is 23.4 Å². The Kier molecular flexibility index (Phi) is 5.15. The van der Waals surface area contributed by atoms with Gasteiger partial charge in [0.05, 0.1) is 5.69 Å². The maximum atomic E-state index is 14.6. The lowest BCUT2D eigenvalue weighted by atomic mass is 9.91. The van der Waals surface area contributed by atoms with Crippen LogP contribution >= 0.6 is 0 Å². The monoisotopic (exact) mass is 505 g/mol. The molecule has 10 heteroatoms. The van der Waals surface area contributed by atoms with Crippen molar-refractivity contribution in [2.24, 2.45) is 0 Å². The fourth-order valence-corrected chi connectivity index (χ4v) is 4.45. The second kappa shape index (κ2) is 7.79. The van der Waals surface area contributed by atoms with Gasteiger partial charge in [0.1, 0.15) is 5.82 Å². The van der Waals surface area contributed by atoms with Crippen LogP contribution in [0.4, 0.5) is 36.4 Å². The number of alkyl halides is 6. The number of halogens is 7. The number of rotatable bonds is 3. The summed E-state index contributed by atoms with van der Waals surface area (Å²) in [6.45, 7) is 0. The Morgan fingerprint density at radius 1 is 0.722 bits per heavy atom. The van der Waals surface area contributed by atoms with Crippen LogP contribution in [0.25, 0.3) is 32.3 Å². The van der Waals surface area contributed by atoms with Gasteiger partial charge in [-0.1, -0.05) is 54.6 Å². The van der Waals surface area contributed by atoms with E-state index in [0.29, 0.717) is 11.5 Å². The second-order valence-corrected chi connectivity index (χ2v) is 8.32. The summed E-state index contributed by atoms with van der Waals surface area (Å²) in [6, 6.07) is 17.0. The van der Waals surface area contributed by atoms with Crippen molar-refractivity contribution in [3.05, 3.63) is 89.7 Å². The van der Waals surface area contributed by atoms with Crippen molar-refractivity contribution in [1.29, 1.82) is 0 Å². The van der Waals surface area contributed by atoms with Crippen LogP contribution in [0, 0.1) is 5.82 Å². The van der Waals surface area contributed by atoms with E-state index in [-0.39, 0.29) is 17.7 Å². The average molecular weight is 505 g/mol. The number of aliphatic hydroxyl groups is 1. The summed E-state index contributed by atoms with van der Waals surface area (Å²) in [4.78, 5) is 13.0. The minimum absolute atomic E-state index is 0.0965. The summed E-state index contributed by atoms with van der Waals surface area (Å²) >= 11 is 0. The van der Waals surface area contributed by atoms with Crippen molar-refractivity contribution in [3.8, 4) is 0 Å². The van der Waals surface area contributed by atoms with E-state index in [4.69, 9.17) is 0 Å². The van der Waals surface area contributed by atoms with Gasteiger partial charge in [0, 0.05) is 11.1 Å². The number of hydrogen-bond donors (Lipinski definition) is 2. The Balaban J connectivity index is 1.55. The molecule has 5 aromatic rings. The topological polar surface area (TPSA) is 49.3 Å². The molecule has 2 N–H and O–H groups in total. The fourth-order valence-electron chi connectivity index (χ4n) is 4.45. The molecule has 184 valence electrons. The zero-order valence-corrected chi connectivity index (χ0v) is 17.9. The van der Waals surface area contributed by atoms with Gasteiger partial charge >= 0.3 is 12.4 Å². The molecule has 3 nitrogen and oxygen atoms in total. The summed E-state index contributed by atoms with van der Waals surface area (Å²) in [6.07, 6.45) is -12.3. The minimum atomic E-state index is -6.16. The number of amides is 1. The van der Waals surface area contributed by atoms with Gasteiger partial charge in [0.25, 0.3) is 11.5 Å². The van der Waals surface area contributed by atoms with Crippen molar-refractivity contribution < 1.29 is 40.6 Å². The van der Waals surface area contributed by atoms with E-state index in [1.807, 2.05) is 36.4 Å². The highest BCUT2D eigenvalue weighted by Gasteiger charge is 2.71. The zero-order chi connectivity index (χ0) is 26.0. The molecule has 0 aliphatic heterocycles. The summed E-state index contributed by atoms with van der Waals surface area (Å²) < 4.78 is 93.3. The minimum Gasteiger partial charge on any atom is -0.369 e. The van der Waals surface area contributed by atoms with E-state index in [0.717, 1.165) is 26.9 Å². The largest absolute Gasteiger partial charge is 0.430 e. The molecule has 0 aromatic heterocycles. The summed E-state index contributed by atoms with van der Waals surface area (Å²) in [5.41, 5.74) is -7.57. The Morgan fingerprint density at radius 3 is 1.86 bits per heavy atom. The molecule has 0 saturated carbocycles. The highest BCUT2D eigenvalue weighted by atomic mass is 19.4. The predicted molar refractivity (Wildman–Crippen MR) is 121 cm³/mol. The first-order chi connectivity index (χ1) is 16.8. The van der Waals surface area contributed by atoms with E-state index in [9.17, 15) is 40.6 Å². The molecular weight excluding hydrogens is 491 g/mol. The van der Waals surface area contributed by atoms with Gasteiger partial charge in [-0.15, -0.1) is 0 Å². The van der Waals surface area contributed by atoms with Crippen molar-refractivity contribution in [2.75, 3.05) is 5.32 Å². The van der Waals surface area contributed by atoms with Crippen molar-refractivity contribution in [1.82, 2.24) is 0 Å². The molecule has 0 spiro atoms. The molecule has 0 aliphatic carbocycles. The molecule has 0 bridgehead atoms. The molecule has 36 heavy (non-hydrogen) atoms. The van der Waals surface area contributed by atoms with Crippen LogP contribution in [0.5, 0.6) is 0 Å². The molecular formula is C26H14F7NO2. The van der Waals surface area contributed by atoms with Gasteiger partial charge in [-0.3, -0.25) is 4.79 Å². The third-order valence-corrected chi connectivity index (χ3v) is 6.23. The molecule has 0 radical (unpaired) electrons. The van der Waals surface area contributed by atoms with Crippen LogP contribution in [0.2, 0.25) is 0 Å². The van der Waals surface area contributed by atoms with E-state index in [1.54, 1.807) is 12.1 Å². The highest BCUT2D eigenvalue weighted by molar-refractivity contribution is 6.27. The lowest BCUT2D eigenvalue weighted by molar-refractivity contribution is -0.376. The summed E-state index contributed by atoms with van der Waals surface area (Å²) in [5, 5.41) is 16.6. The second-order valence-electron chi connectivity index (χ2n) is 8.32. The first-order valence-electron chi connectivity index (χ1n) is 10.5. The van der Waals surface area contributed by atoms with E-state index in [2.05, 4.69) is 5.32 Å². The number of anilines is 1. The molecule has 5 rings (SSSR count). The Hall–Kier alpha value is -3.92. The van der Waals surface area contributed by atoms with Gasteiger partial charge < -0.3 is 10.4 Å². The Labute approximate surface area is 198 Å². The lowest BCUT2D eigenvalue weighted by Crippen LogP contribution is -2.54. The molecule has 0 saturated heterocycles. The first kappa shape index (κ1) is 23.8. The van der Waals surface area contributed by atoms with Crippen molar-refractivity contribution >= 4 is 43.9 Å². The average Bonchev–Trinajstić information content (AvgIpc) is 2.81. The van der Waals surface area contributed by atoms with Gasteiger partial charge in [-0.2, -0.15) is 26.3 Å². The maximum Gasteiger partial charge on any atom is 0.430 e. The Bertz CT molecular complexity index is 1610. The lowest BCUT2D eigenvalue weighted by Gasteiger charge is -2.32. The summed E-state index contributed by atoms with van der Waals surface area (Å²) in [7, 11) is 0. The summed E-state index contributed by atoms with van der Waals surface area (Å²) in [5.74, 6) is -2.40. The van der Waals surface area contributed by atoms with Crippen LogP contribution in [0.1, 0.15) is 15.9 Å². The number of hydrogen-bond acceptors (Lipinski definition) is 2. The van der Waals surface area contributed by atoms with E-state index < -0.39 is 40.9 Å². The van der Waals surface area contributed by atoms with Gasteiger partial charge in [-0.25, -0.2) is 4.39 Å².